The van der Waals surface area contributed by atoms with E-state index in [1.165, 1.54) is 25.3 Å². The molecule has 0 aliphatic carbocycles. The van der Waals surface area contributed by atoms with E-state index in [9.17, 15) is 18.3 Å². The number of methoxy groups -OCH3 is 1. The molecule has 0 unspecified atom stereocenters. The Balaban J connectivity index is 1.76. The van der Waals surface area contributed by atoms with Crippen LogP contribution in [0, 0.1) is 0 Å². The molecule has 29 heavy (non-hydrogen) atoms. The summed E-state index contributed by atoms with van der Waals surface area (Å²) in [5, 5.41) is 19.7. The van der Waals surface area contributed by atoms with Crippen molar-refractivity contribution >= 4 is 43.7 Å². The number of primary sulfonamides is 1. The maximum Gasteiger partial charge on any atom is 0.279 e. The molecule has 4 N–H and O–H groups in total. The molecule has 0 saturated heterocycles. The van der Waals surface area contributed by atoms with Crippen molar-refractivity contribution in [3.05, 3.63) is 57.9 Å². The van der Waals surface area contributed by atoms with Crippen molar-refractivity contribution in [1.82, 2.24) is 4.98 Å². The first-order valence-electron chi connectivity index (χ1n) is 8.18. The van der Waals surface area contributed by atoms with Crippen molar-refractivity contribution in [1.29, 1.82) is 0 Å². The standard InChI is InChI=1S/C18H14N4O5S2/c1-27-10-5-6-13-12(8-10)14(16(23)21-13)15-17(24)22-18(28-15)20-9-3-2-4-11(7-9)29(19,25)26/h2-8,24H,1H3,(H,20,22)(H2,19,25,26). The van der Waals surface area contributed by atoms with E-state index < -0.39 is 15.9 Å². The second-order valence-corrected chi connectivity index (χ2v) is 8.61. The minimum absolute atomic E-state index is 0.0660. The first-order valence-corrected chi connectivity index (χ1v) is 10.5. The molecule has 1 aliphatic rings. The molecule has 1 aliphatic heterocycles. The summed E-state index contributed by atoms with van der Waals surface area (Å²) in [6.07, 6.45) is 0. The lowest BCUT2D eigenvalue weighted by molar-refractivity contribution is -0.112. The largest absolute Gasteiger partial charge is 0.497 e. The third kappa shape index (κ3) is 3.58. The SMILES string of the molecule is COc1ccc2c(c1)=C(c1sc(Nc3cccc(S(N)(=O)=O)c3)nc1O)C(=O)N=2. The van der Waals surface area contributed by atoms with Crippen molar-refractivity contribution in [2.45, 2.75) is 4.90 Å². The average molecular weight is 430 g/mol. The molecule has 11 heteroatoms. The Morgan fingerprint density at radius 3 is 2.72 bits per heavy atom. The van der Waals surface area contributed by atoms with Crippen LogP contribution in [0.4, 0.5) is 10.8 Å². The summed E-state index contributed by atoms with van der Waals surface area (Å²) >= 11 is 1.03. The smallest absolute Gasteiger partial charge is 0.279 e. The number of sulfonamides is 1. The molecular formula is C18H14N4O5S2. The van der Waals surface area contributed by atoms with E-state index in [0.717, 1.165) is 11.3 Å². The van der Waals surface area contributed by atoms with Crippen LogP contribution in [0.1, 0.15) is 4.88 Å². The lowest BCUT2D eigenvalue weighted by atomic mass is 10.1. The molecule has 0 fully saturated rings. The molecule has 1 aromatic heterocycles. The minimum Gasteiger partial charge on any atom is -0.497 e. The number of hydrogen-bond donors (Lipinski definition) is 3. The summed E-state index contributed by atoms with van der Waals surface area (Å²) in [6, 6.07) is 10.9. The highest BCUT2D eigenvalue weighted by molar-refractivity contribution is 7.89. The molecular weight excluding hydrogens is 416 g/mol. The van der Waals surface area contributed by atoms with Crippen molar-refractivity contribution in [3.63, 3.8) is 0 Å². The Hall–Kier alpha value is -3.28. The van der Waals surface area contributed by atoms with E-state index in [-0.39, 0.29) is 26.4 Å². The van der Waals surface area contributed by atoms with Crippen molar-refractivity contribution in [3.8, 4) is 11.6 Å². The van der Waals surface area contributed by atoms with Crippen LogP contribution in [0.25, 0.3) is 5.57 Å². The summed E-state index contributed by atoms with van der Waals surface area (Å²) in [5.41, 5.74) is 0.631. The Labute approximate surface area is 168 Å². The van der Waals surface area contributed by atoms with Crippen LogP contribution in [-0.4, -0.2) is 31.5 Å². The van der Waals surface area contributed by atoms with Crippen LogP contribution in [0.2, 0.25) is 0 Å². The van der Waals surface area contributed by atoms with Crippen LogP contribution >= 0.6 is 11.3 Å². The van der Waals surface area contributed by atoms with Gasteiger partial charge in [0, 0.05) is 10.9 Å². The van der Waals surface area contributed by atoms with Gasteiger partial charge < -0.3 is 15.2 Å². The summed E-state index contributed by atoms with van der Waals surface area (Å²) in [6.45, 7) is 0. The predicted molar refractivity (Wildman–Crippen MR) is 106 cm³/mol. The van der Waals surface area contributed by atoms with Crippen LogP contribution < -0.4 is 25.8 Å². The van der Waals surface area contributed by atoms with Crippen LogP contribution in [-0.2, 0) is 14.8 Å². The number of rotatable bonds is 5. The van der Waals surface area contributed by atoms with Crippen LogP contribution in [0.15, 0.2) is 52.4 Å². The molecule has 9 nitrogen and oxygen atoms in total. The fraction of sp³-hybridized carbons (Fsp3) is 0.0556. The Bertz CT molecular complexity index is 1380. The first kappa shape index (κ1) is 19.1. The van der Waals surface area contributed by atoms with Crippen molar-refractivity contribution in [2.75, 3.05) is 12.4 Å². The van der Waals surface area contributed by atoms with Crippen LogP contribution in [0.5, 0.6) is 11.6 Å². The molecule has 0 bridgehead atoms. The zero-order chi connectivity index (χ0) is 20.8. The zero-order valence-electron chi connectivity index (χ0n) is 14.9. The van der Waals surface area contributed by atoms with Gasteiger partial charge in [-0.05, 0) is 36.4 Å². The van der Waals surface area contributed by atoms with E-state index in [4.69, 9.17) is 9.88 Å². The number of thiazole rings is 1. The molecule has 1 amide bonds. The number of aromatic nitrogens is 1. The number of fused-ring (bicyclic) bond motifs is 1. The Morgan fingerprint density at radius 1 is 1.21 bits per heavy atom. The summed E-state index contributed by atoms with van der Waals surface area (Å²) < 4.78 is 28.2. The topological polar surface area (TPSA) is 144 Å². The average Bonchev–Trinajstić information content (AvgIpc) is 3.18. The number of amides is 1. The highest BCUT2D eigenvalue weighted by Gasteiger charge is 2.25. The fourth-order valence-corrected chi connectivity index (χ4v) is 4.33. The third-order valence-electron chi connectivity index (χ3n) is 4.16. The number of hydrogen-bond acceptors (Lipinski definition) is 8. The molecule has 3 aromatic rings. The number of aromatic hydroxyl groups is 1. The molecule has 0 saturated carbocycles. The molecule has 2 heterocycles. The number of nitrogens with zero attached hydrogens (tertiary/aromatic N) is 2. The molecule has 2 aromatic carbocycles. The van der Waals surface area contributed by atoms with E-state index in [1.54, 1.807) is 24.3 Å². The second-order valence-electron chi connectivity index (χ2n) is 6.04. The zero-order valence-corrected chi connectivity index (χ0v) is 16.5. The Kier molecular flexibility index (Phi) is 4.57. The molecule has 0 radical (unpaired) electrons. The number of nitrogens with two attached hydrogens (primary N) is 1. The second kappa shape index (κ2) is 6.95. The summed E-state index contributed by atoms with van der Waals surface area (Å²) in [4.78, 5) is 20.6. The third-order valence-corrected chi connectivity index (χ3v) is 6.05. The van der Waals surface area contributed by atoms with Crippen LogP contribution in [0.3, 0.4) is 0 Å². The van der Waals surface area contributed by atoms with Gasteiger partial charge in [-0.1, -0.05) is 17.4 Å². The lowest BCUT2D eigenvalue weighted by Crippen LogP contribution is -2.23. The molecule has 4 rings (SSSR count). The van der Waals surface area contributed by atoms with Gasteiger partial charge in [0.1, 0.15) is 10.6 Å². The van der Waals surface area contributed by atoms with Crippen molar-refractivity contribution < 1.29 is 23.1 Å². The van der Waals surface area contributed by atoms with Gasteiger partial charge in [-0.15, -0.1) is 0 Å². The lowest BCUT2D eigenvalue weighted by Gasteiger charge is -2.04. The maximum absolute atomic E-state index is 12.4. The van der Waals surface area contributed by atoms with Gasteiger partial charge >= 0.3 is 0 Å². The van der Waals surface area contributed by atoms with E-state index in [0.29, 0.717) is 22.0 Å². The van der Waals surface area contributed by atoms with Gasteiger partial charge in [0.05, 0.1) is 22.9 Å². The van der Waals surface area contributed by atoms with Gasteiger partial charge in [0.25, 0.3) is 5.91 Å². The van der Waals surface area contributed by atoms with Crippen molar-refractivity contribution in [2.24, 2.45) is 10.1 Å². The number of carbonyl (C=O) groups excluding carboxylic acids is 1. The number of anilines is 2. The minimum atomic E-state index is -3.86. The van der Waals surface area contributed by atoms with Gasteiger partial charge in [-0.25, -0.2) is 18.5 Å². The van der Waals surface area contributed by atoms with E-state index in [1.807, 2.05) is 0 Å². The molecule has 0 spiro atoms. The first-order chi connectivity index (χ1) is 13.8. The predicted octanol–water partition coefficient (Wildman–Crippen LogP) is 0.607. The van der Waals surface area contributed by atoms with E-state index in [2.05, 4.69) is 15.3 Å². The summed E-state index contributed by atoms with van der Waals surface area (Å²) in [5.74, 6) is -0.280. The molecule has 148 valence electrons. The van der Waals surface area contributed by atoms with Gasteiger partial charge in [0.2, 0.25) is 15.9 Å². The molecule has 0 atom stereocenters. The summed E-state index contributed by atoms with van der Waals surface area (Å²) in [7, 11) is -2.35. The number of ether oxygens (including phenoxy) is 1. The quantitative estimate of drug-likeness (QED) is 0.538. The van der Waals surface area contributed by atoms with Gasteiger partial charge in [-0.3, -0.25) is 4.79 Å². The highest BCUT2D eigenvalue weighted by atomic mass is 32.2. The van der Waals surface area contributed by atoms with E-state index >= 15 is 0 Å². The maximum atomic E-state index is 12.4. The fourth-order valence-electron chi connectivity index (χ4n) is 2.84. The normalized spacial score (nSPS) is 13.2. The number of benzene rings is 2. The van der Waals surface area contributed by atoms with Gasteiger partial charge in [-0.2, -0.15) is 4.98 Å². The van der Waals surface area contributed by atoms with Gasteiger partial charge in [0.15, 0.2) is 5.13 Å². The highest BCUT2D eigenvalue weighted by Crippen LogP contribution is 2.35. The Morgan fingerprint density at radius 2 is 2.00 bits per heavy atom. The number of carbonyl (C=O) groups is 1. The number of nitrogens with one attached hydrogen (secondary N) is 1. The monoisotopic (exact) mass is 430 g/mol.